The van der Waals surface area contributed by atoms with Gasteiger partial charge < -0.3 is 5.11 Å². The number of nitrogens with two attached hydrogens (primary N) is 1. The molecule has 0 unspecified atom stereocenters. The average molecular weight is 322 g/mol. The Morgan fingerprint density at radius 2 is 2.14 bits per heavy atom. The first-order valence-corrected chi connectivity index (χ1v) is 7.02. The summed E-state index contributed by atoms with van der Waals surface area (Å²) in [6, 6.07) is 5.47. The van der Waals surface area contributed by atoms with Crippen LogP contribution >= 0.6 is 11.6 Å². The van der Waals surface area contributed by atoms with Crippen LogP contribution in [0.2, 0.25) is 5.28 Å². The number of hydrogen-bond donors (Lipinski definition) is 3. The second-order valence-electron chi connectivity index (χ2n) is 5.46. The number of aliphatic hydroxyl groups is 1. The van der Waals surface area contributed by atoms with Crippen LogP contribution in [0.1, 0.15) is 25.2 Å². The van der Waals surface area contributed by atoms with Crippen LogP contribution in [-0.4, -0.2) is 25.3 Å². The highest BCUT2D eigenvalue weighted by Crippen LogP contribution is 2.31. The lowest BCUT2D eigenvalue weighted by molar-refractivity contribution is 0.0736. The molecule has 116 valence electrons. The number of nitrogens with one attached hydrogen (secondary N) is 1. The summed E-state index contributed by atoms with van der Waals surface area (Å²) in [7, 11) is 0. The number of anilines is 2. The van der Waals surface area contributed by atoms with Gasteiger partial charge in [0.15, 0.2) is 5.82 Å². The molecule has 0 fully saturated rings. The van der Waals surface area contributed by atoms with Crippen LogP contribution in [0.15, 0.2) is 24.4 Å². The van der Waals surface area contributed by atoms with Gasteiger partial charge in [-0.05, 0) is 37.6 Å². The summed E-state index contributed by atoms with van der Waals surface area (Å²) in [5, 5.41) is 13.2. The molecule has 2 aromatic rings. The fraction of sp³-hybridized carbons (Fsp3) is 0.308. The monoisotopic (exact) mass is 321 g/mol. The molecule has 9 heteroatoms. The molecule has 1 aliphatic rings. The summed E-state index contributed by atoms with van der Waals surface area (Å²) in [5.41, 5.74) is 3.89. The van der Waals surface area contributed by atoms with Gasteiger partial charge in [0.25, 0.3) is 0 Å². The first-order valence-electron chi connectivity index (χ1n) is 6.65. The van der Waals surface area contributed by atoms with Crippen molar-refractivity contribution in [3.63, 3.8) is 0 Å². The zero-order chi connectivity index (χ0) is 15.9. The van der Waals surface area contributed by atoms with E-state index in [-0.39, 0.29) is 5.28 Å². The van der Waals surface area contributed by atoms with Crippen LogP contribution in [-0.2, 0) is 12.1 Å². The fourth-order valence-electron chi connectivity index (χ4n) is 2.13. The standard InChI is InChI=1S/C13H16ClN7O/c1-13(2,22)10-5-3-4-8(17-10)7-20-11-9(19-21(20)15)6-16-12(14)18-11/h3-6,19,22H,7,15H2,1-2H3. The Labute approximate surface area is 132 Å². The second kappa shape index (κ2) is 5.33. The average Bonchev–Trinajstić information content (AvgIpc) is 2.75. The van der Waals surface area contributed by atoms with Crippen molar-refractivity contribution >= 4 is 23.1 Å². The van der Waals surface area contributed by atoms with Gasteiger partial charge in [-0.15, -0.1) is 0 Å². The maximum Gasteiger partial charge on any atom is 0.224 e. The zero-order valence-corrected chi connectivity index (χ0v) is 12.9. The first kappa shape index (κ1) is 14.9. The predicted molar refractivity (Wildman–Crippen MR) is 82.4 cm³/mol. The van der Waals surface area contributed by atoms with Crippen molar-refractivity contribution in [2.24, 2.45) is 5.84 Å². The van der Waals surface area contributed by atoms with E-state index >= 15 is 0 Å². The minimum absolute atomic E-state index is 0.138. The third-order valence-corrected chi connectivity index (χ3v) is 3.41. The smallest absolute Gasteiger partial charge is 0.224 e. The van der Waals surface area contributed by atoms with Gasteiger partial charge in [0.1, 0.15) is 11.3 Å². The predicted octanol–water partition coefficient (Wildman–Crippen LogP) is 1.19. The summed E-state index contributed by atoms with van der Waals surface area (Å²) in [5.74, 6) is 6.48. The Balaban J connectivity index is 1.90. The van der Waals surface area contributed by atoms with Crippen LogP contribution in [0, 0.1) is 0 Å². The van der Waals surface area contributed by atoms with E-state index in [0.717, 1.165) is 5.69 Å². The van der Waals surface area contributed by atoms with Crippen LogP contribution in [0.3, 0.4) is 0 Å². The van der Waals surface area contributed by atoms with Crippen LogP contribution in [0.5, 0.6) is 0 Å². The van der Waals surface area contributed by atoms with Gasteiger partial charge in [-0.2, -0.15) is 4.98 Å². The summed E-state index contributed by atoms with van der Waals surface area (Å²) in [6.45, 7) is 3.75. The minimum Gasteiger partial charge on any atom is -0.384 e. The molecule has 0 saturated carbocycles. The van der Waals surface area contributed by atoms with E-state index in [9.17, 15) is 5.11 Å². The molecule has 0 atom stereocenters. The molecule has 3 rings (SSSR count). The van der Waals surface area contributed by atoms with Crippen LogP contribution in [0.4, 0.5) is 11.5 Å². The van der Waals surface area contributed by atoms with E-state index in [1.165, 1.54) is 5.23 Å². The van der Waals surface area contributed by atoms with Crippen LogP contribution < -0.4 is 16.3 Å². The number of pyridine rings is 1. The maximum atomic E-state index is 10.1. The summed E-state index contributed by atoms with van der Waals surface area (Å²) < 4.78 is 0. The zero-order valence-electron chi connectivity index (χ0n) is 12.2. The lowest BCUT2D eigenvalue weighted by Gasteiger charge is -2.24. The Kier molecular flexibility index (Phi) is 3.61. The van der Waals surface area contributed by atoms with Crippen molar-refractivity contribution in [1.82, 2.24) is 20.2 Å². The van der Waals surface area contributed by atoms with E-state index in [1.807, 2.05) is 12.1 Å². The minimum atomic E-state index is -1.01. The molecule has 0 aliphatic carbocycles. The number of rotatable bonds is 3. The molecule has 3 heterocycles. The van der Waals surface area contributed by atoms with Gasteiger partial charge >= 0.3 is 0 Å². The normalized spacial score (nSPS) is 14.9. The molecule has 0 saturated heterocycles. The Hall–Kier alpha value is -2.00. The van der Waals surface area contributed by atoms with E-state index in [2.05, 4.69) is 20.4 Å². The lowest BCUT2D eigenvalue weighted by Crippen LogP contribution is -2.46. The van der Waals surface area contributed by atoms with Gasteiger partial charge in [0.2, 0.25) is 5.28 Å². The van der Waals surface area contributed by atoms with Gasteiger partial charge in [0.05, 0.1) is 24.1 Å². The van der Waals surface area contributed by atoms with Crippen molar-refractivity contribution < 1.29 is 5.11 Å². The molecule has 4 N–H and O–H groups in total. The molecular weight excluding hydrogens is 306 g/mol. The van der Waals surface area contributed by atoms with Crippen LogP contribution in [0.25, 0.3) is 0 Å². The molecule has 0 aromatic carbocycles. The maximum absolute atomic E-state index is 10.1. The van der Waals surface area contributed by atoms with Crippen molar-refractivity contribution in [2.75, 3.05) is 10.4 Å². The van der Waals surface area contributed by atoms with Crippen molar-refractivity contribution in [2.45, 2.75) is 26.0 Å². The fourth-order valence-corrected chi connectivity index (χ4v) is 2.26. The third-order valence-electron chi connectivity index (χ3n) is 3.22. The highest BCUT2D eigenvalue weighted by atomic mass is 35.5. The summed E-state index contributed by atoms with van der Waals surface area (Å²) in [4.78, 5) is 12.5. The van der Waals surface area contributed by atoms with Crippen molar-refractivity contribution in [1.29, 1.82) is 0 Å². The lowest BCUT2D eigenvalue weighted by atomic mass is 10.0. The molecule has 0 bridgehead atoms. The third kappa shape index (κ3) is 2.81. The van der Waals surface area contributed by atoms with Gasteiger partial charge in [-0.25, -0.2) is 15.8 Å². The summed E-state index contributed by atoms with van der Waals surface area (Å²) >= 11 is 5.84. The molecule has 2 aromatic heterocycles. The Morgan fingerprint density at radius 3 is 2.86 bits per heavy atom. The summed E-state index contributed by atoms with van der Waals surface area (Å²) in [6.07, 6.45) is 1.56. The molecular formula is C13H16ClN7O. The molecule has 8 nitrogen and oxygen atoms in total. The van der Waals surface area contributed by atoms with Gasteiger partial charge in [0, 0.05) is 0 Å². The molecule has 0 radical (unpaired) electrons. The van der Waals surface area contributed by atoms with E-state index in [0.29, 0.717) is 23.7 Å². The van der Waals surface area contributed by atoms with Crippen molar-refractivity contribution in [3.05, 3.63) is 41.1 Å². The number of hydrazine groups is 3. The van der Waals surface area contributed by atoms with Crippen molar-refractivity contribution in [3.8, 4) is 0 Å². The second-order valence-corrected chi connectivity index (χ2v) is 5.80. The molecule has 0 amide bonds. The number of halogens is 1. The van der Waals surface area contributed by atoms with E-state index in [1.54, 1.807) is 31.1 Å². The number of aromatic nitrogens is 3. The SMILES string of the molecule is CC(C)(O)c1cccc(CN2c3nc(Cl)ncc3NN2N)n1. The molecule has 0 spiro atoms. The van der Waals surface area contributed by atoms with Gasteiger partial charge in [-0.3, -0.25) is 10.4 Å². The van der Waals surface area contributed by atoms with Gasteiger partial charge in [-0.1, -0.05) is 11.3 Å². The molecule has 1 aliphatic heterocycles. The van der Waals surface area contributed by atoms with E-state index < -0.39 is 5.60 Å². The quantitative estimate of drug-likeness (QED) is 0.572. The topological polar surface area (TPSA) is 103 Å². The Bertz CT molecular complexity index is 703. The number of fused-ring (bicyclic) bond motifs is 1. The largest absolute Gasteiger partial charge is 0.384 e. The highest BCUT2D eigenvalue weighted by Gasteiger charge is 2.28. The number of hydrogen-bond acceptors (Lipinski definition) is 8. The highest BCUT2D eigenvalue weighted by molar-refractivity contribution is 6.28. The molecule has 22 heavy (non-hydrogen) atoms. The number of nitrogens with zero attached hydrogens (tertiary/aromatic N) is 5. The van der Waals surface area contributed by atoms with E-state index in [4.69, 9.17) is 17.4 Å². The Morgan fingerprint density at radius 1 is 1.36 bits per heavy atom. The first-order chi connectivity index (χ1) is 10.3.